The SMILES string of the molecule is Cc1ccccc1NC(=O)Nc1ccc(N2CCCN(C(=O)OCc3ccccc3)CC2)nc1. The summed E-state index contributed by atoms with van der Waals surface area (Å²) in [6.07, 6.45) is 2.17. The highest BCUT2D eigenvalue weighted by atomic mass is 16.6. The number of nitrogens with zero attached hydrogens (tertiary/aromatic N) is 3. The van der Waals surface area contributed by atoms with Gasteiger partial charge in [-0.25, -0.2) is 14.6 Å². The third-order valence-electron chi connectivity index (χ3n) is 5.68. The summed E-state index contributed by atoms with van der Waals surface area (Å²) in [7, 11) is 0. The van der Waals surface area contributed by atoms with Gasteiger partial charge in [-0.15, -0.1) is 0 Å². The number of amides is 3. The molecular weight excluding hydrogens is 430 g/mol. The molecule has 2 aromatic carbocycles. The minimum absolute atomic E-state index is 0.271. The Morgan fingerprint density at radius 3 is 2.47 bits per heavy atom. The van der Waals surface area contributed by atoms with E-state index in [-0.39, 0.29) is 18.7 Å². The predicted octanol–water partition coefficient (Wildman–Crippen LogP) is 4.88. The Morgan fingerprint density at radius 1 is 0.912 bits per heavy atom. The van der Waals surface area contributed by atoms with E-state index in [0.29, 0.717) is 25.3 Å². The molecule has 4 rings (SSSR count). The summed E-state index contributed by atoms with van der Waals surface area (Å²) >= 11 is 0. The first kappa shape index (κ1) is 23.1. The molecule has 3 amide bonds. The number of aryl methyl sites for hydroxylation is 1. The van der Waals surface area contributed by atoms with Gasteiger partial charge in [-0.05, 0) is 42.7 Å². The summed E-state index contributed by atoms with van der Waals surface area (Å²) in [5, 5.41) is 5.65. The van der Waals surface area contributed by atoms with Gasteiger partial charge in [-0.2, -0.15) is 0 Å². The molecule has 1 aliphatic rings. The van der Waals surface area contributed by atoms with Crippen molar-refractivity contribution in [3.05, 3.63) is 84.1 Å². The normalized spacial score (nSPS) is 13.7. The van der Waals surface area contributed by atoms with Crippen LogP contribution in [-0.2, 0) is 11.3 Å². The van der Waals surface area contributed by atoms with Gasteiger partial charge in [0.15, 0.2) is 0 Å². The minimum Gasteiger partial charge on any atom is -0.445 e. The highest BCUT2D eigenvalue weighted by molar-refractivity contribution is 6.00. The summed E-state index contributed by atoms with van der Waals surface area (Å²) in [6, 6.07) is 20.7. The fraction of sp³-hybridized carbons (Fsp3) is 0.269. The number of rotatable bonds is 5. The van der Waals surface area contributed by atoms with Crippen molar-refractivity contribution in [2.45, 2.75) is 20.0 Å². The van der Waals surface area contributed by atoms with Gasteiger partial charge in [-0.1, -0.05) is 48.5 Å². The molecule has 1 aromatic heterocycles. The molecule has 0 aliphatic carbocycles. The number of ether oxygens (including phenoxy) is 1. The lowest BCUT2D eigenvalue weighted by molar-refractivity contribution is 0.0986. The second-order valence-electron chi connectivity index (χ2n) is 8.17. The van der Waals surface area contributed by atoms with Crippen molar-refractivity contribution in [3.63, 3.8) is 0 Å². The van der Waals surface area contributed by atoms with E-state index in [0.717, 1.165) is 35.6 Å². The van der Waals surface area contributed by atoms with Crippen molar-refractivity contribution in [2.24, 2.45) is 0 Å². The van der Waals surface area contributed by atoms with Gasteiger partial charge in [0.2, 0.25) is 0 Å². The fourth-order valence-electron chi connectivity index (χ4n) is 3.78. The second-order valence-corrected chi connectivity index (χ2v) is 8.17. The number of aromatic nitrogens is 1. The van der Waals surface area contributed by atoms with Crippen LogP contribution in [0.5, 0.6) is 0 Å². The molecule has 2 heterocycles. The molecule has 1 aliphatic heterocycles. The van der Waals surface area contributed by atoms with Crippen molar-refractivity contribution in [1.82, 2.24) is 9.88 Å². The number of hydrogen-bond donors (Lipinski definition) is 2. The quantitative estimate of drug-likeness (QED) is 0.568. The smallest absolute Gasteiger partial charge is 0.410 e. The Labute approximate surface area is 199 Å². The van der Waals surface area contributed by atoms with Gasteiger partial charge in [0, 0.05) is 31.9 Å². The molecule has 0 bridgehead atoms. The van der Waals surface area contributed by atoms with Crippen molar-refractivity contribution >= 4 is 29.3 Å². The highest BCUT2D eigenvalue weighted by Crippen LogP contribution is 2.18. The molecule has 1 fully saturated rings. The zero-order valence-corrected chi connectivity index (χ0v) is 19.2. The molecule has 34 heavy (non-hydrogen) atoms. The maximum absolute atomic E-state index is 12.5. The van der Waals surface area contributed by atoms with Crippen LogP contribution in [0.1, 0.15) is 17.5 Å². The Balaban J connectivity index is 1.27. The lowest BCUT2D eigenvalue weighted by atomic mass is 10.2. The summed E-state index contributed by atoms with van der Waals surface area (Å²) in [5.74, 6) is 0.810. The van der Waals surface area contributed by atoms with E-state index in [1.165, 1.54) is 0 Å². The zero-order valence-electron chi connectivity index (χ0n) is 19.2. The van der Waals surface area contributed by atoms with Crippen LogP contribution >= 0.6 is 0 Å². The lowest BCUT2D eigenvalue weighted by Crippen LogP contribution is -2.35. The van der Waals surface area contributed by atoms with E-state index in [4.69, 9.17) is 4.74 Å². The van der Waals surface area contributed by atoms with E-state index in [9.17, 15) is 9.59 Å². The number of benzene rings is 2. The predicted molar refractivity (Wildman–Crippen MR) is 133 cm³/mol. The van der Waals surface area contributed by atoms with Crippen LogP contribution in [-0.4, -0.2) is 48.2 Å². The van der Waals surface area contributed by atoms with E-state index in [2.05, 4.69) is 20.5 Å². The highest BCUT2D eigenvalue weighted by Gasteiger charge is 2.21. The van der Waals surface area contributed by atoms with Crippen LogP contribution in [0.25, 0.3) is 0 Å². The summed E-state index contributed by atoms with van der Waals surface area (Å²) < 4.78 is 5.47. The first-order chi connectivity index (χ1) is 16.6. The molecule has 0 radical (unpaired) electrons. The third-order valence-corrected chi connectivity index (χ3v) is 5.68. The number of urea groups is 1. The molecule has 176 valence electrons. The third kappa shape index (κ3) is 6.25. The fourth-order valence-corrected chi connectivity index (χ4v) is 3.78. The summed E-state index contributed by atoms with van der Waals surface area (Å²) in [4.78, 5) is 33.2. The molecule has 8 nitrogen and oxygen atoms in total. The minimum atomic E-state index is -0.316. The monoisotopic (exact) mass is 459 g/mol. The lowest BCUT2D eigenvalue weighted by Gasteiger charge is -2.22. The second kappa shape index (κ2) is 11.2. The Kier molecular flexibility index (Phi) is 7.60. The molecule has 0 unspecified atom stereocenters. The van der Waals surface area contributed by atoms with E-state index in [1.54, 1.807) is 11.1 Å². The molecule has 0 atom stereocenters. The maximum atomic E-state index is 12.5. The van der Waals surface area contributed by atoms with Crippen LogP contribution in [0.15, 0.2) is 72.9 Å². The topological polar surface area (TPSA) is 86.8 Å². The first-order valence-electron chi connectivity index (χ1n) is 11.4. The largest absolute Gasteiger partial charge is 0.445 e. The van der Waals surface area contributed by atoms with Crippen LogP contribution in [0, 0.1) is 6.92 Å². The van der Waals surface area contributed by atoms with Crippen molar-refractivity contribution < 1.29 is 14.3 Å². The van der Waals surface area contributed by atoms with Gasteiger partial charge in [0.05, 0.1) is 11.9 Å². The van der Waals surface area contributed by atoms with E-state index < -0.39 is 0 Å². The average Bonchev–Trinajstić information content (AvgIpc) is 3.12. The standard InChI is InChI=1S/C26H29N5O3/c1-20-8-5-6-11-23(20)29-25(32)28-22-12-13-24(27-18-22)30-14-7-15-31(17-16-30)26(33)34-19-21-9-3-2-4-10-21/h2-6,8-13,18H,7,14-17,19H2,1H3,(H2,28,29,32). The number of para-hydroxylation sites is 1. The Bertz CT molecular complexity index is 1100. The van der Waals surface area contributed by atoms with Gasteiger partial charge in [0.1, 0.15) is 12.4 Å². The molecule has 3 aromatic rings. The average molecular weight is 460 g/mol. The maximum Gasteiger partial charge on any atom is 0.410 e. The number of anilines is 3. The van der Waals surface area contributed by atoms with Crippen LogP contribution in [0.4, 0.5) is 26.8 Å². The van der Waals surface area contributed by atoms with Crippen LogP contribution in [0.3, 0.4) is 0 Å². The van der Waals surface area contributed by atoms with Gasteiger partial charge in [0.25, 0.3) is 0 Å². The number of carbonyl (C=O) groups excluding carboxylic acids is 2. The molecule has 0 saturated carbocycles. The number of pyridine rings is 1. The van der Waals surface area contributed by atoms with Gasteiger partial charge >= 0.3 is 12.1 Å². The zero-order chi connectivity index (χ0) is 23.8. The summed E-state index contributed by atoms with van der Waals surface area (Å²) in [6.45, 7) is 4.87. The molecular formula is C26H29N5O3. The first-order valence-corrected chi connectivity index (χ1v) is 11.4. The Hall–Kier alpha value is -4.07. The van der Waals surface area contributed by atoms with Crippen LogP contribution < -0.4 is 15.5 Å². The molecule has 1 saturated heterocycles. The molecule has 2 N–H and O–H groups in total. The van der Waals surface area contributed by atoms with Crippen LogP contribution in [0.2, 0.25) is 0 Å². The van der Waals surface area contributed by atoms with Gasteiger partial charge < -0.3 is 25.2 Å². The number of hydrogen-bond acceptors (Lipinski definition) is 5. The summed E-state index contributed by atoms with van der Waals surface area (Å²) in [5.41, 5.74) is 3.33. The van der Waals surface area contributed by atoms with Crippen molar-refractivity contribution in [2.75, 3.05) is 41.7 Å². The number of nitrogens with one attached hydrogen (secondary N) is 2. The molecule has 0 spiro atoms. The van der Waals surface area contributed by atoms with E-state index >= 15 is 0 Å². The van der Waals surface area contributed by atoms with E-state index in [1.807, 2.05) is 73.7 Å². The van der Waals surface area contributed by atoms with Crippen molar-refractivity contribution in [1.29, 1.82) is 0 Å². The van der Waals surface area contributed by atoms with Gasteiger partial charge in [-0.3, -0.25) is 0 Å². The van der Waals surface area contributed by atoms with Crippen molar-refractivity contribution in [3.8, 4) is 0 Å². The Morgan fingerprint density at radius 2 is 1.71 bits per heavy atom. The number of carbonyl (C=O) groups is 2. The molecule has 8 heteroatoms.